The maximum atomic E-state index is 11.6. The third-order valence-electron chi connectivity index (χ3n) is 2.22. The Kier molecular flexibility index (Phi) is 3.23. The van der Waals surface area contributed by atoms with Gasteiger partial charge in [-0.2, -0.15) is 4.79 Å². The number of aromatic nitrogens is 1. The van der Waals surface area contributed by atoms with Crippen LogP contribution in [-0.4, -0.2) is 21.8 Å². The Bertz CT molecular complexity index is 597. The predicted octanol–water partition coefficient (Wildman–Crippen LogP) is 2.60. The highest BCUT2D eigenvalue weighted by Gasteiger charge is 2.16. The van der Waals surface area contributed by atoms with Crippen molar-refractivity contribution in [2.45, 2.75) is 6.92 Å². The van der Waals surface area contributed by atoms with Gasteiger partial charge in [0.25, 0.3) is 5.78 Å². The lowest BCUT2D eigenvalue weighted by atomic mass is 10.2. The van der Waals surface area contributed by atoms with Crippen molar-refractivity contribution in [1.82, 2.24) is 4.98 Å². The highest BCUT2D eigenvalue weighted by Crippen LogP contribution is 2.27. The summed E-state index contributed by atoms with van der Waals surface area (Å²) in [5.74, 6) is -0.329. The minimum Gasteiger partial charge on any atom is -0.361 e. The second kappa shape index (κ2) is 4.82. The average Bonchev–Trinajstić information content (AvgIpc) is 2.73. The lowest BCUT2D eigenvalue weighted by molar-refractivity contribution is 0.00238. The third kappa shape index (κ3) is 2.36. The van der Waals surface area contributed by atoms with E-state index in [4.69, 9.17) is 5.53 Å². The molecule has 0 fully saturated rings. The number of carbonyl (C=O) groups excluding carboxylic acids is 1. The maximum absolute atomic E-state index is 11.6. The number of Topliss-reactive ketones (excluding diaryl/α,β-unsaturated/α-hetero) is 1. The molecule has 5 heteroatoms. The minimum absolute atomic E-state index is 0.329. The predicted molar refractivity (Wildman–Crippen MR) is 66.3 cm³/mol. The van der Waals surface area contributed by atoms with Gasteiger partial charge in [-0.25, -0.2) is 4.98 Å². The van der Waals surface area contributed by atoms with Gasteiger partial charge in [-0.05, 0) is 6.92 Å². The van der Waals surface area contributed by atoms with Crippen LogP contribution in [0.2, 0.25) is 0 Å². The molecule has 84 valence electrons. The van der Waals surface area contributed by atoms with E-state index < -0.39 is 0 Å². The molecule has 1 heterocycles. The van der Waals surface area contributed by atoms with E-state index in [1.165, 1.54) is 11.3 Å². The van der Waals surface area contributed by atoms with E-state index >= 15 is 0 Å². The number of aryl methyl sites for hydroxylation is 1. The first kappa shape index (κ1) is 11.4. The highest BCUT2D eigenvalue weighted by atomic mass is 32.1. The second-order valence-electron chi connectivity index (χ2n) is 3.41. The zero-order valence-electron chi connectivity index (χ0n) is 9.12. The van der Waals surface area contributed by atoms with Crippen LogP contribution >= 0.6 is 11.3 Å². The van der Waals surface area contributed by atoms with Gasteiger partial charge in [-0.3, -0.25) is 4.79 Å². The first-order valence-electron chi connectivity index (χ1n) is 4.97. The Hall–Kier alpha value is -2.10. The summed E-state index contributed by atoms with van der Waals surface area (Å²) >= 11 is 1.30. The molecule has 17 heavy (non-hydrogen) atoms. The minimum atomic E-state index is -0.329. The van der Waals surface area contributed by atoms with Crippen LogP contribution in [0.4, 0.5) is 0 Å². The molecule has 0 saturated carbocycles. The Labute approximate surface area is 102 Å². The number of ketones is 1. The quantitative estimate of drug-likeness (QED) is 0.360. The van der Waals surface area contributed by atoms with Gasteiger partial charge in [-0.15, -0.1) is 11.3 Å². The number of carbonyl (C=O) groups is 1. The van der Waals surface area contributed by atoms with E-state index in [2.05, 4.69) is 9.77 Å². The lowest BCUT2D eigenvalue weighted by Crippen LogP contribution is -1.99. The van der Waals surface area contributed by atoms with Gasteiger partial charge in [0.2, 0.25) is 0 Å². The molecule has 1 aromatic heterocycles. The highest BCUT2D eigenvalue weighted by molar-refractivity contribution is 7.17. The lowest BCUT2D eigenvalue weighted by Gasteiger charge is -1.92. The molecule has 4 nitrogen and oxygen atoms in total. The summed E-state index contributed by atoms with van der Waals surface area (Å²) in [4.78, 5) is 19.2. The van der Waals surface area contributed by atoms with Gasteiger partial charge in [0.1, 0.15) is 9.88 Å². The summed E-state index contributed by atoms with van der Waals surface area (Å²) in [6, 6.07) is 9.64. The first-order chi connectivity index (χ1) is 8.22. The van der Waals surface area contributed by atoms with Crippen LogP contribution in [0, 0.1) is 6.92 Å². The summed E-state index contributed by atoms with van der Waals surface area (Å²) in [7, 11) is 0. The van der Waals surface area contributed by atoms with E-state index in [0.717, 1.165) is 16.8 Å². The standard InChI is InChI=1S/C12H9N3OS/c1-8-11(10(16)7-14-13)17-12(15-8)9-5-3-2-4-6-9/h2-7H,1H3. The average molecular weight is 243 g/mol. The molecule has 0 amide bonds. The van der Waals surface area contributed by atoms with E-state index in [0.29, 0.717) is 10.6 Å². The van der Waals surface area contributed by atoms with Crippen LogP contribution in [0.5, 0.6) is 0 Å². The van der Waals surface area contributed by atoms with Crippen molar-refractivity contribution >= 4 is 23.3 Å². The molecule has 0 aliphatic carbocycles. The molecule has 0 saturated heterocycles. The molecule has 0 spiro atoms. The van der Waals surface area contributed by atoms with Gasteiger partial charge >= 0.3 is 6.21 Å². The summed E-state index contributed by atoms with van der Waals surface area (Å²) in [6.07, 6.45) is 0.884. The summed E-state index contributed by atoms with van der Waals surface area (Å²) in [5.41, 5.74) is 9.97. The fraction of sp³-hybridized carbons (Fsp3) is 0.0833. The third-order valence-corrected chi connectivity index (χ3v) is 3.44. The van der Waals surface area contributed by atoms with Crippen LogP contribution in [0.1, 0.15) is 15.4 Å². The maximum Gasteiger partial charge on any atom is 0.329 e. The molecular weight excluding hydrogens is 234 g/mol. The van der Waals surface area contributed by atoms with Crippen LogP contribution in [0.3, 0.4) is 0 Å². The van der Waals surface area contributed by atoms with Crippen molar-refractivity contribution in [2.75, 3.05) is 0 Å². The fourth-order valence-electron chi connectivity index (χ4n) is 1.44. The molecule has 0 aliphatic rings. The van der Waals surface area contributed by atoms with E-state index in [1.54, 1.807) is 6.92 Å². The number of benzene rings is 1. The first-order valence-corrected chi connectivity index (χ1v) is 5.78. The van der Waals surface area contributed by atoms with Gasteiger partial charge in [0, 0.05) is 5.56 Å². The SMILES string of the molecule is Cc1nc(-c2ccccc2)sc1C(=O)C=[N+]=[N-]. The van der Waals surface area contributed by atoms with Crippen molar-refractivity contribution in [3.63, 3.8) is 0 Å². The molecule has 1 aromatic carbocycles. The summed E-state index contributed by atoms with van der Waals surface area (Å²) in [5, 5.41) is 0.790. The Balaban J connectivity index is 2.44. The molecule has 0 bridgehead atoms. The van der Waals surface area contributed by atoms with E-state index in [1.807, 2.05) is 30.3 Å². The number of rotatable bonds is 3. The second-order valence-corrected chi connectivity index (χ2v) is 4.41. The molecule has 0 aliphatic heterocycles. The van der Waals surface area contributed by atoms with Crippen molar-refractivity contribution in [3.8, 4) is 10.6 Å². The molecule has 0 N–H and O–H groups in total. The smallest absolute Gasteiger partial charge is 0.329 e. The van der Waals surface area contributed by atoms with Crippen molar-refractivity contribution in [3.05, 3.63) is 46.4 Å². The number of nitrogens with zero attached hydrogens (tertiary/aromatic N) is 3. The Morgan fingerprint density at radius 1 is 1.41 bits per heavy atom. The number of hydrogen-bond acceptors (Lipinski definition) is 3. The van der Waals surface area contributed by atoms with Crippen LogP contribution < -0.4 is 0 Å². The van der Waals surface area contributed by atoms with Crippen LogP contribution in [-0.2, 0) is 0 Å². The van der Waals surface area contributed by atoms with E-state index in [-0.39, 0.29) is 5.78 Å². The van der Waals surface area contributed by atoms with Crippen molar-refractivity contribution in [1.29, 1.82) is 0 Å². The van der Waals surface area contributed by atoms with Crippen molar-refractivity contribution < 1.29 is 9.58 Å². The molecular formula is C12H9N3OS. The number of thiazole rings is 1. The number of hydrogen-bond donors (Lipinski definition) is 0. The molecule has 2 rings (SSSR count). The molecule has 0 unspecified atom stereocenters. The van der Waals surface area contributed by atoms with E-state index in [9.17, 15) is 4.79 Å². The molecule has 0 radical (unpaired) electrons. The summed E-state index contributed by atoms with van der Waals surface area (Å²) in [6.45, 7) is 1.77. The fourth-order valence-corrected chi connectivity index (χ4v) is 2.42. The monoisotopic (exact) mass is 243 g/mol. The topological polar surface area (TPSA) is 66.4 Å². The normalized spacial score (nSPS) is 9.71. The molecule has 0 atom stereocenters. The van der Waals surface area contributed by atoms with Crippen LogP contribution in [0.25, 0.3) is 16.1 Å². The van der Waals surface area contributed by atoms with Gasteiger partial charge in [-0.1, -0.05) is 30.3 Å². The van der Waals surface area contributed by atoms with Gasteiger partial charge < -0.3 is 5.53 Å². The zero-order valence-corrected chi connectivity index (χ0v) is 9.94. The summed E-state index contributed by atoms with van der Waals surface area (Å²) < 4.78 is 0. The van der Waals surface area contributed by atoms with Gasteiger partial charge in [0.15, 0.2) is 0 Å². The molecule has 2 aromatic rings. The van der Waals surface area contributed by atoms with Gasteiger partial charge in [0.05, 0.1) is 5.69 Å². The van der Waals surface area contributed by atoms with Crippen molar-refractivity contribution in [2.24, 2.45) is 0 Å². The zero-order chi connectivity index (χ0) is 12.3. The Morgan fingerprint density at radius 2 is 2.12 bits per heavy atom. The van der Waals surface area contributed by atoms with Crippen LogP contribution in [0.15, 0.2) is 30.3 Å². The Morgan fingerprint density at radius 3 is 2.76 bits per heavy atom. The largest absolute Gasteiger partial charge is 0.361 e.